The molecule has 0 radical (unpaired) electrons. The molecule has 0 amide bonds. The molecule has 0 saturated carbocycles. The van der Waals surface area contributed by atoms with E-state index in [1.54, 1.807) is 12.3 Å². The summed E-state index contributed by atoms with van der Waals surface area (Å²) in [5.74, 6) is 1.97. The Balaban J connectivity index is 1.96. The number of aryl methyl sites for hydroxylation is 1. The fourth-order valence-corrected chi connectivity index (χ4v) is 1.77. The summed E-state index contributed by atoms with van der Waals surface area (Å²) in [5, 5.41) is 3.89. The third-order valence-electron chi connectivity index (χ3n) is 1.91. The molecule has 0 aliphatic carbocycles. The molecule has 0 saturated heterocycles. The van der Waals surface area contributed by atoms with E-state index in [0.29, 0.717) is 18.2 Å². The Morgan fingerprint density at radius 2 is 2.25 bits per heavy atom. The van der Waals surface area contributed by atoms with Crippen LogP contribution in [-0.2, 0) is 13.0 Å². The molecule has 2 aromatic heterocycles. The highest BCUT2D eigenvalue weighted by Crippen LogP contribution is 2.11. The van der Waals surface area contributed by atoms with E-state index in [-0.39, 0.29) is 0 Å². The lowest BCUT2D eigenvalue weighted by molar-refractivity contribution is 0.942. The van der Waals surface area contributed by atoms with Crippen molar-refractivity contribution in [2.24, 2.45) is 0 Å². The van der Waals surface area contributed by atoms with Crippen LogP contribution in [0, 0.1) is 0 Å². The first kappa shape index (κ1) is 10.7. The van der Waals surface area contributed by atoms with Gasteiger partial charge in [-0.05, 0) is 6.07 Å². The second kappa shape index (κ2) is 4.84. The Kier molecular flexibility index (Phi) is 3.25. The van der Waals surface area contributed by atoms with Crippen molar-refractivity contribution in [3.63, 3.8) is 0 Å². The van der Waals surface area contributed by atoms with E-state index in [4.69, 9.17) is 5.73 Å². The molecule has 0 aliphatic heterocycles. The maximum atomic E-state index is 5.55. The third kappa shape index (κ3) is 2.63. The van der Waals surface area contributed by atoms with E-state index in [2.05, 4.69) is 24.6 Å². The van der Waals surface area contributed by atoms with Crippen molar-refractivity contribution >= 4 is 22.5 Å². The fraction of sp³-hybridized carbons (Fsp3) is 0.333. The average molecular weight is 236 g/mol. The Morgan fingerprint density at radius 3 is 2.94 bits per heavy atom. The molecule has 2 rings (SSSR count). The molecule has 0 spiro atoms. The lowest BCUT2D eigenvalue weighted by Crippen LogP contribution is -2.05. The summed E-state index contributed by atoms with van der Waals surface area (Å²) in [4.78, 5) is 12.4. The van der Waals surface area contributed by atoms with Crippen molar-refractivity contribution in [1.29, 1.82) is 0 Å². The van der Waals surface area contributed by atoms with Crippen LogP contribution in [0.4, 0.5) is 10.9 Å². The van der Waals surface area contributed by atoms with Crippen molar-refractivity contribution in [2.45, 2.75) is 19.9 Å². The van der Waals surface area contributed by atoms with Crippen LogP contribution in [0.15, 0.2) is 12.3 Å². The largest absolute Gasteiger partial charge is 0.384 e. The van der Waals surface area contributed by atoms with Crippen LogP contribution < -0.4 is 11.1 Å². The topological polar surface area (TPSA) is 89.6 Å². The monoisotopic (exact) mass is 236 g/mol. The summed E-state index contributed by atoms with van der Waals surface area (Å²) in [6.45, 7) is 2.52. The molecule has 0 atom stereocenters. The summed E-state index contributed by atoms with van der Waals surface area (Å²) < 4.78 is 4.17. The van der Waals surface area contributed by atoms with Gasteiger partial charge in [-0.2, -0.15) is 4.37 Å². The molecule has 6 nitrogen and oxygen atoms in total. The Bertz CT molecular complexity index is 469. The standard InChI is InChI=1S/C9H12N6S/c1-2-7-14-9(16-15-7)12-5-8-11-4-3-6(10)13-8/h3-4H,2,5H2,1H3,(H2,10,11,13)(H,12,14,15). The number of anilines is 2. The zero-order chi connectivity index (χ0) is 11.4. The molecule has 2 heterocycles. The minimum atomic E-state index is 0.471. The Labute approximate surface area is 97.1 Å². The van der Waals surface area contributed by atoms with E-state index in [9.17, 15) is 0 Å². The molecule has 0 aromatic carbocycles. The SMILES string of the molecule is CCc1nsc(NCc2nccc(N)n2)n1. The first-order valence-corrected chi connectivity index (χ1v) is 5.69. The molecule has 84 valence electrons. The average Bonchev–Trinajstić information content (AvgIpc) is 2.74. The highest BCUT2D eigenvalue weighted by atomic mass is 32.1. The zero-order valence-electron chi connectivity index (χ0n) is 8.84. The van der Waals surface area contributed by atoms with Crippen LogP contribution in [0.5, 0.6) is 0 Å². The maximum Gasteiger partial charge on any atom is 0.202 e. The number of aromatic nitrogens is 4. The molecular weight excluding hydrogens is 224 g/mol. The van der Waals surface area contributed by atoms with E-state index in [0.717, 1.165) is 17.4 Å². The van der Waals surface area contributed by atoms with Gasteiger partial charge in [0.1, 0.15) is 17.5 Å². The summed E-state index contributed by atoms with van der Waals surface area (Å²) in [5.41, 5.74) is 5.55. The van der Waals surface area contributed by atoms with Gasteiger partial charge in [-0.15, -0.1) is 0 Å². The summed E-state index contributed by atoms with van der Waals surface area (Å²) >= 11 is 1.34. The van der Waals surface area contributed by atoms with Gasteiger partial charge >= 0.3 is 0 Å². The van der Waals surface area contributed by atoms with E-state index in [1.165, 1.54) is 11.5 Å². The molecule has 0 aliphatic rings. The van der Waals surface area contributed by atoms with Crippen molar-refractivity contribution in [1.82, 2.24) is 19.3 Å². The zero-order valence-corrected chi connectivity index (χ0v) is 9.66. The Hall–Kier alpha value is -1.76. The van der Waals surface area contributed by atoms with Gasteiger partial charge in [0.2, 0.25) is 5.13 Å². The maximum absolute atomic E-state index is 5.55. The van der Waals surface area contributed by atoms with Crippen LogP contribution in [0.3, 0.4) is 0 Å². The second-order valence-corrected chi connectivity index (χ2v) is 3.87. The highest BCUT2D eigenvalue weighted by molar-refractivity contribution is 7.09. The van der Waals surface area contributed by atoms with Crippen LogP contribution in [-0.4, -0.2) is 19.3 Å². The third-order valence-corrected chi connectivity index (χ3v) is 2.62. The van der Waals surface area contributed by atoms with Crippen LogP contribution in [0.2, 0.25) is 0 Å². The number of rotatable bonds is 4. The predicted octanol–water partition coefficient (Wildman–Crippen LogP) is 1.08. The first-order valence-electron chi connectivity index (χ1n) is 4.91. The van der Waals surface area contributed by atoms with E-state index in [1.807, 2.05) is 6.92 Å². The predicted molar refractivity (Wildman–Crippen MR) is 63.1 cm³/mol. The van der Waals surface area contributed by atoms with Gasteiger partial charge in [-0.1, -0.05) is 6.92 Å². The molecule has 2 aromatic rings. The normalized spacial score (nSPS) is 10.3. The van der Waals surface area contributed by atoms with Crippen LogP contribution in [0.1, 0.15) is 18.6 Å². The highest BCUT2D eigenvalue weighted by Gasteiger charge is 2.02. The lowest BCUT2D eigenvalue weighted by atomic mass is 10.5. The van der Waals surface area contributed by atoms with E-state index < -0.39 is 0 Å². The molecule has 7 heteroatoms. The van der Waals surface area contributed by atoms with Gasteiger partial charge in [-0.3, -0.25) is 0 Å². The van der Waals surface area contributed by atoms with Gasteiger partial charge in [-0.25, -0.2) is 15.0 Å². The summed E-state index contributed by atoms with van der Waals surface area (Å²) in [6, 6.07) is 1.66. The van der Waals surface area contributed by atoms with Crippen molar-refractivity contribution in [2.75, 3.05) is 11.1 Å². The molecule has 16 heavy (non-hydrogen) atoms. The van der Waals surface area contributed by atoms with Crippen molar-refractivity contribution < 1.29 is 0 Å². The van der Waals surface area contributed by atoms with Gasteiger partial charge in [0, 0.05) is 24.2 Å². The Morgan fingerprint density at radius 1 is 1.38 bits per heavy atom. The van der Waals surface area contributed by atoms with E-state index >= 15 is 0 Å². The lowest BCUT2D eigenvalue weighted by Gasteiger charge is -2.00. The summed E-state index contributed by atoms with van der Waals surface area (Å²) in [7, 11) is 0. The number of hydrogen-bond donors (Lipinski definition) is 2. The molecular formula is C9H12N6S. The van der Waals surface area contributed by atoms with Crippen molar-refractivity contribution in [3.8, 4) is 0 Å². The smallest absolute Gasteiger partial charge is 0.202 e. The minimum Gasteiger partial charge on any atom is -0.384 e. The molecule has 0 unspecified atom stereocenters. The summed E-state index contributed by atoms with van der Waals surface area (Å²) in [6.07, 6.45) is 2.48. The molecule has 0 fully saturated rings. The number of hydrogen-bond acceptors (Lipinski definition) is 7. The van der Waals surface area contributed by atoms with Gasteiger partial charge in [0.05, 0.1) is 6.54 Å². The van der Waals surface area contributed by atoms with Crippen LogP contribution >= 0.6 is 11.5 Å². The first-order chi connectivity index (χ1) is 7.78. The van der Waals surface area contributed by atoms with Crippen LogP contribution in [0.25, 0.3) is 0 Å². The second-order valence-electron chi connectivity index (χ2n) is 3.12. The van der Waals surface area contributed by atoms with Gasteiger partial charge in [0.15, 0.2) is 0 Å². The number of nitrogens with two attached hydrogens (primary N) is 1. The molecule has 0 bridgehead atoms. The quantitative estimate of drug-likeness (QED) is 0.825. The van der Waals surface area contributed by atoms with Gasteiger partial charge < -0.3 is 11.1 Å². The number of nitrogens with zero attached hydrogens (tertiary/aromatic N) is 4. The number of nitrogen functional groups attached to an aromatic ring is 1. The number of nitrogens with one attached hydrogen (secondary N) is 1. The van der Waals surface area contributed by atoms with Gasteiger partial charge in [0.25, 0.3) is 0 Å². The van der Waals surface area contributed by atoms with Crippen molar-refractivity contribution in [3.05, 3.63) is 23.9 Å². The fourth-order valence-electron chi connectivity index (χ4n) is 1.12. The molecule has 3 N–H and O–H groups in total. The minimum absolute atomic E-state index is 0.471.